The van der Waals surface area contributed by atoms with Crippen molar-refractivity contribution in [3.63, 3.8) is 0 Å². The van der Waals surface area contributed by atoms with E-state index < -0.39 is 10.3 Å². The van der Waals surface area contributed by atoms with Crippen molar-refractivity contribution in [2.24, 2.45) is 0 Å². The van der Waals surface area contributed by atoms with Crippen molar-refractivity contribution in [3.05, 3.63) is 39.4 Å². The van der Waals surface area contributed by atoms with Crippen LogP contribution in [0.25, 0.3) is 0 Å². The van der Waals surface area contributed by atoms with Crippen molar-refractivity contribution in [1.82, 2.24) is 0 Å². The van der Waals surface area contributed by atoms with Gasteiger partial charge in [-0.05, 0) is 12.5 Å². The number of carbonyl (C=O) groups is 1. The Morgan fingerprint density at radius 2 is 2.12 bits per heavy atom. The highest BCUT2D eigenvalue weighted by Gasteiger charge is 2.49. The quantitative estimate of drug-likeness (QED) is 0.574. The standard InChI is InChI=1S/C12H10N2O3/c1-8-3-2-4-10(14(16)17)11(8)12(7-13)5-9(15)6-12/h2-4H,5-6H2,1H3. The second kappa shape index (κ2) is 3.67. The predicted molar refractivity (Wildman–Crippen MR) is 59.4 cm³/mol. The number of hydrogen-bond donors (Lipinski definition) is 0. The van der Waals surface area contributed by atoms with Gasteiger partial charge < -0.3 is 0 Å². The number of carbonyl (C=O) groups excluding carboxylic acids is 1. The summed E-state index contributed by atoms with van der Waals surface area (Å²) in [6.07, 6.45) is 0.157. The van der Waals surface area contributed by atoms with Crippen LogP contribution in [0.3, 0.4) is 0 Å². The number of benzene rings is 1. The Labute approximate surface area is 97.8 Å². The third-order valence-corrected chi connectivity index (χ3v) is 3.14. The number of nitriles is 1. The fourth-order valence-electron chi connectivity index (χ4n) is 2.36. The first kappa shape index (κ1) is 11.3. The Hall–Kier alpha value is -2.22. The second-order valence-corrected chi connectivity index (χ2v) is 4.31. The van der Waals surface area contributed by atoms with E-state index in [1.807, 2.05) is 0 Å². The zero-order valence-electron chi connectivity index (χ0n) is 9.27. The smallest absolute Gasteiger partial charge is 0.274 e. The lowest BCUT2D eigenvalue weighted by atomic mass is 9.63. The lowest BCUT2D eigenvalue weighted by Crippen LogP contribution is -2.41. The molecular weight excluding hydrogens is 220 g/mol. The molecule has 17 heavy (non-hydrogen) atoms. The predicted octanol–water partition coefficient (Wildman–Crippen LogP) is 2.03. The van der Waals surface area contributed by atoms with Crippen LogP contribution in [0.15, 0.2) is 18.2 Å². The molecule has 0 saturated heterocycles. The van der Waals surface area contributed by atoms with Crippen molar-refractivity contribution in [2.75, 3.05) is 0 Å². The Balaban J connectivity index is 2.63. The van der Waals surface area contributed by atoms with Crippen molar-refractivity contribution >= 4 is 11.5 Å². The van der Waals surface area contributed by atoms with Crippen LogP contribution in [0, 0.1) is 28.4 Å². The van der Waals surface area contributed by atoms with E-state index in [9.17, 15) is 20.2 Å². The summed E-state index contributed by atoms with van der Waals surface area (Å²) in [5.74, 6) is -0.0240. The van der Waals surface area contributed by atoms with E-state index in [-0.39, 0.29) is 24.3 Å². The van der Waals surface area contributed by atoms with E-state index in [0.717, 1.165) is 0 Å². The van der Waals surface area contributed by atoms with Crippen LogP contribution in [0.4, 0.5) is 5.69 Å². The minimum atomic E-state index is -0.995. The first-order valence-electron chi connectivity index (χ1n) is 5.17. The summed E-state index contributed by atoms with van der Waals surface area (Å²) < 4.78 is 0. The third kappa shape index (κ3) is 1.58. The molecule has 0 aliphatic heterocycles. The summed E-state index contributed by atoms with van der Waals surface area (Å²) in [5, 5.41) is 20.2. The van der Waals surface area contributed by atoms with E-state index in [1.165, 1.54) is 6.07 Å². The van der Waals surface area contributed by atoms with Gasteiger partial charge in [-0.3, -0.25) is 14.9 Å². The molecule has 0 unspecified atom stereocenters. The molecular formula is C12H10N2O3. The molecule has 0 heterocycles. The summed E-state index contributed by atoms with van der Waals surface area (Å²) in [6.45, 7) is 1.73. The number of nitro groups is 1. The fraction of sp³-hybridized carbons (Fsp3) is 0.333. The monoisotopic (exact) mass is 230 g/mol. The summed E-state index contributed by atoms with van der Waals surface area (Å²) in [6, 6.07) is 6.76. The first-order valence-corrected chi connectivity index (χ1v) is 5.17. The van der Waals surface area contributed by atoms with Crippen molar-refractivity contribution in [1.29, 1.82) is 5.26 Å². The van der Waals surface area contributed by atoms with Crippen LogP contribution in [0.1, 0.15) is 24.0 Å². The topological polar surface area (TPSA) is 84.0 Å². The molecule has 1 fully saturated rings. The number of aryl methyl sites for hydroxylation is 1. The van der Waals surface area contributed by atoms with Gasteiger partial charge in [0.2, 0.25) is 0 Å². The van der Waals surface area contributed by atoms with Gasteiger partial charge in [0.25, 0.3) is 5.69 Å². The Morgan fingerprint density at radius 1 is 1.47 bits per heavy atom. The molecule has 0 atom stereocenters. The largest absolute Gasteiger partial charge is 0.300 e. The SMILES string of the molecule is Cc1cccc([N+](=O)[O-])c1C1(C#N)CC(=O)C1. The van der Waals surface area contributed by atoms with E-state index in [4.69, 9.17) is 0 Å². The molecule has 0 amide bonds. The van der Waals surface area contributed by atoms with Gasteiger partial charge in [0, 0.05) is 18.9 Å². The van der Waals surface area contributed by atoms with E-state index in [0.29, 0.717) is 11.1 Å². The number of rotatable bonds is 2. The molecule has 0 aromatic heterocycles. The maximum Gasteiger partial charge on any atom is 0.274 e. The van der Waals surface area contributed by atoms with Gasteiger partial charge in [-0.15, -0.1) is 0 Å². The van der Waals surface area contributed by atoms with E-state index in [2.05, 4.69) is 6.07 Å². The van der Waals surface area contributed by atoms with Crippen LogP contribution in [-0.4, -0.2) is 10.7 Å². The zero-order chi connectivity index (χ0) is 12.6. The number of ketones is 1. The van der Waals surface area contributed by atoms with Gasteiger partial charge >= 0.3 is 0 Å². The molecule has 0 spiro atoms. The second-order valence-electron chi connectivity index (χ2n) is 4.31. The molecule has 1 aliphatic rings. The van der Waals surface area contributed by atoms with Crippen molar-refractivity contribution in [2.45, 2.75) is 25.2 Å². The molecule has 86 valence electrons. The number of hydrogen-bond acceptors (Lipinski definition) is 4. The summed E-state index contributed by atoms with van der Waals surface area (Å²) >= 11 is 0. The maximum absolute atomic E-state index is 11.1. The van der Waals surface area contributed by atoms with Gasteiger partial charge in [-0.2, -0.15) is 5.26 Å². The molecule has 1 aromatic rings. The summed E-state index contributed by atoms with van der Waals surface area (Å²) in [4.78, 5) is 21.6. The highest BCUT2D eigenvalue weighted by Crippen LogP contribution is 2.45. The molecule has 5 nitrogen and oxygen atoms in total. The normalized spacial score (nSPS) is 17.1. The van der Waals surface area contributed by atoms with Gasteiger partial charge in [-0.1, -0.05) is 12.1 Å². The average molecular weight is 230 g/mol. The molecule has 0 bridgehead atoms. The number of nitrogens with zero attached hydrogens (tertiary/aromatic N) is 2. The Morgan fingerprint density at radius 3 is 2.59 bits per heavy atom. The van der Waals surface area contributed by atoms with Gasteiger partial charge in [0.1, 0.15) is 11.2 Å². The highest BCUT2D eigenvalue weighted by atomic mass is 16.6. The summed E-state index contributed by atoms with van der Waals surface area (Å²) in [7, 11) is 0. The van der Waals surface area contributed by atoms with Crippen molar-refractivity contribution in [3.8, 4) is 6.07 Å². The minimum absolute atomic E-state index is 0.0240. The van der Waals surface area contributed by atoms with E-state index in [1.54, 1.807) is 19.1 Å². The lowest BCUT2D eigenvalue weighted by Gasteiger charge is -2.34. The zero-order valence-corrected chi connectivity index (χ0v) is 9.27. The fourth-order valence-corrected chi connectivity index (χ4v) is 2.36. The number of nitro benzene ring substituents is 1. The summed E-state index contributed by atoms with van der Waals surface area (Å²) in [5.41, 5.74) is 0.0181. The molecule has 0 N–H and O–H groups in total. The van der Waals surface area contributed by atoms with Crippen LogP contribution in [0.5, 0.6) is 0 Å². The molecule has 2 rings (SSSR count). The first-order chi connectivity index (χ1) is 8.00. The molecule has 5 heteroatoms. The van der Waals surface area contributed by atoms with Gasteiger partial charge in [-0.25, -0.2) is 0 Å². The minimum Gasteiger partial charge on any atom is -0.300 e. The molecule has 1 saturated carbocycles. The van der Waals surface area contributed by atoms with Crippen LogP contribution < -0.4 is 0 Å². The van der Waals surface area contributed by atoms with Gasteiger partial charge in [0.05, 0.1) is 16.6 Å². The Kier molecular flexibility index (Phi) is 2.43. The van der Waals surface area contributed by atoms with Crippen LogP contribution >= 0.6 is 0 Å². The van der Waals surface area contributed by atoms with E-state index >= 15 is 0 Å². The van der Waals surface area contributed by atoms with Crippen LogP contribution in [-0.2, 0) is 10.2 Å². The molecule has 1 aliphatic carbocycles. The lowest BCUT2D eigenvalue weighted by molar-refractivity contribution is -0.386. The van der Waals surface area contributed by atoms with Gasteiger partial charge in [0.15, 0.2) is 0 Å². The maximum atomic E-state index is 11.1. The van der Waals surface area contributed by atoms with Crippen LogP contribution in [0.2, 0.25) is 0 Å². The molecule has 0 radical (unpaired) electrons. The number of Topliss-reactive ketones (excluding diaryl/α,β-unsaturated/α-hetero) is 1. The highest BCUT2D eigenvalue weighted by molar-refractivity contribution is 5.91. The molecule has 1 aromatic carbocycles. The average Bonchev–Trinajstić information content (AvgIpc) is 2.24. The van der Waals surface area contributed by atoms with Crippen molar-refractivity contribution < 1.29 is 9.72 Å². The Bertz CT molecular complexity index is 549. The third-order valence-electron chi connectivity index (χ3n) is 3.14.